The Morgan fingerprint density at radius 1 is 1.06 bits per heavy atom. The van der Waals surface area contributed by atoms with Crippen molar-refractivity contribution < 1.29 is 9.18 Å². The van der Waals surface area contributed by atoms with Crippen molar-refractivity contribution in [2.45, 2.75) is 19.3 Å². The van der Waals surface area contributed by atoms with Gasteiger partial charge >= 0.3 is 0 Å². The lowest BCUT2D eigenvalue weighted by Crippen LogP contribution is -2.44. The van der Waals surface area contributed by atoms with Crippen LogP contribution in [0.2, 0.25) is 5.02 Å². The summed E-state index contributed by atoms with van der Waals surface area (Å²) in [5.41, 5.74) is 2.84. The van der Waals surface area contributed by atoms with Gasteiger partial charge in [-0.05, 0) is 54.7 Å². The highest BCUT2D eigenvalue weighted by Crippen LogP contribution is 2.23. The van der Waals surface area contributed by atoms with E-state index in [2.05, 4.69) is 20.2 Å². The molecule has 4 rings (SSSR count). The predicted octanol–water partition coefficient (Wildman–Crippen LogP) is 4.51. The molecule has 2 aromatic carbocycles. The van der Waals surface area contributed by atoms with E-state index in [1.165, 1.54) is 12.1 Å². The normalized spacial score (nSPS) is 16.2. The van der Waals surface area contributed by atoms with Crippen molar-refractivity contribution in [3.63, 3.8) is 0 Å². The number of rotatable bonds is 6. The van der Waals surface area contributed by atoms with Crippen molar-refractivity contribution in [3.8, 4) is 11.1 Å². The SMILES string of the molecule is O=C(NCCc1ccc(Cl)cc1)[C@H]1CCCN(c2ncc(-c3ccc(F)cc3)cn2)C1. The number of benzene rings is 2. The van der Waals surface area contributed by atoms with Crippen molar-refractivity contribution >= 4 is 23.5 Å². The molecule has 0 saturated carbocycles. The van der Waals surface area contributed by atoms with E-state index in [0.717, 1.165) is 42.5 Å². The molecule has 0 unspecified atom stereocenters. The third-order valence-corrected chi connectivity index (χ3v) is 5.77. The van der Waals surface area contributed by atoms with Gasteiger partial charge in [0.2, 0.25) is 11.9 Å². The van der Waals surface area contributed by atoms with Crippen molar-refractivity contribution in [1.29, 1.82) is 0 Å². The van der Waals surface area contributed by atoms with Crippen molar-refractivity contribution in [2.75, 3.05) is 24.5 Å². The van der Waals surface area contributed by atoms with Crippen LogP contribution in [0.5, 0.6) is 0 Å². The zero-order valence-electron chi connectivity index (χ0n) is 17.1. The topological polar surface area (TPSA) is 58.1 Å². The van der Waals surface area contributed by atoms with Gasteiger partial charge in [-0.3, -0.25) is 4.79 Å². The van der Waals surface area contributed by atoms with Gasteiger partial charge in [-0.1, -0.05) is 35.9 Å². The molecule has 3 aromatic rings. The number of anilines is 1. The third-order valence-electron chi connectivity index (χ3n) is 5.52. The van der Waals surface area contributed by atoms with Gasteiger partial charge in [0.15, 0.2) is 0 Å². The largest absolute Gasteiger partial charge is 0.355 e. The van der Waals surface area contributed by atoms with Crippen molar-refractivity contribution in [1.82, 2.24) is 15.3 Å². The summed E-state index contributed by atoms with van der Waals surface area (Å²) in [6.07, 6.45) is 6.03. The third kappa shape index (κ3) is 5.58. The van der Waals surface area contributed by atoms with Crippen molar-refractivity contribution in [3.05, 3.63) is 77.3 Å². The van der Waals surface area contributed by atoms with Gasteiger partial charge in [-0.2, -0.15) is 0 Å². The van der Waals surface area contributed by atoms with Gasteiger partial charge < -0.3 is 10.2 Å². The Hall–Kier alpha value is -2.99. The molecular weight excluding hydrogens is 415 g/mol. The number of halogens is 2. The van der Waals surface area contributed by atoms with E-state index in [4.69, 9.17) is 11.6 Å². The van der Waals surface area contributed by atoms with Crippen LogP contribution in [0.3, 0.4) is 0 Å². The molecule has 1 aromatic heterocycles. The molecule has 2 heterocycles. The number of nitrogens with one attached hydrogen (secondary N) is 1. The number of carbonyl (C=O) groups excluding carboxylic acids is 1. The monoisotopic (exact) mass is 438 g/mol. The van der Waals surface area contributed by atoms with Crippen LogP contribution >= 0.6 is 11.6 Å². The Morgan fingerprint density at radius 2 is 1.77 bits per heavy atom. The zero-order valence-corrected chi connectivity index (χ0v) is 17.9. The number of nitrogens with zero attached hydrogens (tertiary/aromatic N) is 3. The van der Waals surface area contributed by atoms with Gasteiger partial charge in [0.1, 0.15) is 5.82 Å². The molecule has 1 N–H and O–H groups in total. The molecule has 0 radical (unpaired) electrons. The van der Waals surface area contributed by atoms with E-state index in [0.29, 0.717) is 24.1 Å². The van der Waals surface area contributed by atoms with Gasteiger partial charge in [-0.15, -0.1) is 0 Å². The summed E-state index contributed by atoms with van der Waals surface area (Å²) in [6, 6.07) is 13.9. The van der Waals surface area contributed by atoms with Crippen LogP contribution in [-0.2, 0) is 11.2 Å². The van der Waals surface area contributed by atoms with Crippen LogP contribution < -0.4 is 10.2 Å². The standard InChI is InChI=1S/C24H24ClFN4O/c25-21-7-3-17(4-8-21)11-12-27-23(31)19-2-1-13-30(16-19)24-28-14-20(15-29-24)18-5-9-22(26)10-6-18/h3-10,14-15,19H,1-2,11-13,16H2,(H,27,31)/t19-/m0/s1. The summed E-state index contributed by atoms with van der Waals surface area (Å²) in [5.74, 6) is 0.331. The van der Waals surface area contributed by atoms with Gasteiger partial charge in [-0.25, -0.2) is 14.4 Å². The van der Waals surface area contributed by atoms with Crippen LogP contribution in [0, 0.1) is 11.7 Å². The number of hydrogen-bond donors (Lipinski definition) is 1. The summed E-state index contributed by atoms with van der Waals surface area (Å²) in [6.45, 7) is 2.02. The molecule has 5 nitrogen and oxygen atoms in total. The number of aromatic nitrogens is 2. The first-order chi connectivity index (χ1) is 15.1. The second-order valence-corrected chi connectivity index (χ2v) is 8.17. The van der Waals surface area contributed by atoms with E-state index in [-0.39, 0.29) is 17.6 Å². The number of piperidine rings is 1. The Bertz CT molecular complexity index is 1010. The first kappa shape index (κ1) is 21.2. The first-order valence-electron chi connectivity index (χ1n) is 10.4. The predicted molar refractivity (Wildman–Crippen MR) is 121 cm³/mol. The minimum absolute atomic E-state index is 0.0709. The van der Waals surface area contributed by atoms with Gasteiger partial charge in [0, 0.05) is 42.6 Å². The molecule has 1 fully saturated rings. The fraction of sp³-hybridized carbons (Fsp3) is 0.292. The summed E-state index contributed by atoms with van der Waals surface area (Å²) in [4.78, 5) is 23.7. The minimum atomic E-state index is -0.271. The van der Waals surface area contributed by atoms with Crippen LogP contribution in [0.15, 0.2) is 60.9 Å². The molecule has 31 heavy (non-hydrogen) atoms. The van der Waals surface area contributed by atoms with Crippen LogP contribution in [0.25, 0.3) is 11.1 Å². The van der Waals surface area contributed by atoms with E-state index in [9.17, 15) is 9.18 Å². The van der Waals surface area contributed by atoms with Crippen LogP contribution in [-0.4, -0.2) is 35.5 Å². The second kappa shape index (κ2) is 9.88. The van der Waals surface area contributed by atoms with E-state index >= 15 is 0 Å². The lowest BCUT2D eigenvalue weighted by molar-refractivity contribution is -0.125. The summed E-state index contributed by atoms with van der Waals surface area (Å²) in [5, 5.41) is 3.76. The summed E-state index contributed by atoms with van der Waals surface area (Å²) in [7, 11) is 0. The molecule has 1 aliphatic heterocycles. The molecule has 1 atom stereocenters. The lowest BCUT2D eigenvalue weighted by atomic mass is 9.97. The van der Waals surface area contributed by atoms with E-state index in [1.54, 1.807) is 24.5 Å². The lowest BCUT2D eigenvalue weighted by Gasteiger charge is -2.32. The molecule has 1 amide bonds. The van der Waals surface area contributed by atoms with Gasteiger partial charge in [0.25, 0.3) is 0 Å². The molecule has 1 aliphatic rings. The Labute approximate surface area is 186 Å². The van der Waals surface area contributed by atoms with Crippen LogP contribution in [0.4, 0.5) is 10.3 Å². The van der Waals surface area contributed by atoms with E-state index in [1.807, 2.05) is 24.3 Å². The molecule has 160 valence electrons. The van der Waals surface area contributed by atoms with Crippen LogP contribution in [0.1, 0.15) is 18.4 Å². The Kier molecular flexibility index (Phi) is 6.77. The Morgan fingerprint density at radius 3 is 2.48 bits per heavy atom. The summed E-state index contributed by atoms with van der Waals surface area (Å²) >= 11 is 5.91. The highest BCUT2D eigenvalue weighted by Gasteiger charge is 2.26. The summed E-state index contributed by atoms with van der Waals surface area (Å²) < 4.78 is 13.1. The van der Waals surface area contributed by atoms with Gasteiger partial charge in [0.05, 0.1) is 5.92 Å². The number of amides is 1. The molecular formula is C24H24ClFN4O. The average molecular weight is 439 g/mol. The minimum Gasteiger partial charge on any atom is -0.355 e. The highest BCUT2D eigenvalue weighted by atomic mass is 35.5. The highest BCUT2D eigenvalue weighted by molar-refractivity contribution is 6.30. The van der Waals surface area contributed by atoms with Crippen molar-refractivity contribution in [2.24, 2.45) is 5.92 Å². The second-order valence-electron chi connectivity index (χ2n) is 7.73. The quantitative estimate of drug-likeness (QED) is 0.615. The molecule has 1 saturated heterocycles. The fourth-order valence-corrected chi connectivity index (χ4v) is 3.90. The Balaban J connectivity index is 1.31. The molecule has 0 spiro atoms. The molecule has 0 aliphatic carbocycles. The van der Waals surface area contributed by atoms with E-state index < -0.39 is 0 Å². The smallest absolute Gasteiger partial charge is 0.225 e. The maximum absolute atomic E-state index is 13.1. The maximum Gasteiger partial charge on any atom is 0.225 e. The average Bonchev–Trinajstić information content (AvgIpc) is 2.81. The maximum atomic E-state index is 13.1. The molecule has 7 heteroatoms. The first-order valence-corrected chi connectivity index (χ1v) is 10.8. The fourth-order valence-electron chi connectivity index (χ4n) is 3.77. The molecule has 0 bridgehead atoms. The number of hydrogen-bond acceptors (Lipinski definition) is 4. The zero-order chi connectivity index (χ0) is 21.6. The number of carbonyl (C=O) groups is 1.